The Morgan fingerprint density at radius 2 is 1.92 bits per heavy atom. The first-order valence-electron chi connectivity index (χ1n) is 8.84. The van der Waals surface area contributed by atoms with Crippen LogP contribution < -0.4 is 0 Å². The molecular weight excluding hydrogens is 348 g/mol. The highest BCUT2D eigenvalue weighted by Gasteiger charge is 2.70. The van der Waals surface area contributed by atoms with E-state index in [4.69, 9.17) is 0 Å². The minimum absolute atomic E-state index is 0.257. The Hall–Kier alpha value is -1.02. The largest absolute Gasteiger partial charge is 0.333 e. The summed E-state index contributed by atoms with van der Waals surface area (Å²) in [4.78, 5) is 4.43. The number of aromatic nitrogens is 2. The number of hydrogen-bond acceptors (Lipinski definition) is 3. The van der Waals surface area contributed by atoms with E-state index in [-0.39, 0.29) is 17.9 Å². The summed E-state index contributed by atoms with van der Waals surface area (Å²) in [5, 5.41) is 0. The van der Waals surface area contributed by atoms with Crippen LogP contribution >= 0.6 is 0 Å². The fraction of sp³-hybridized carbons (Fsp3) is 0.824. The SMILES string of the molecule is CC1(C)CN(S(=O)(=O)CC2(C)CC2(F)F)C1c1nccn1CC1CC1. The Kier molecular flexibility index (Phi) is 3.50. The molecule has 0 bridgehead atoms. The minimum atomic E-state index is -3.77. The number of hydrogen-bond donors (Lipinski definition) is 0. The molecule has 2 aliphatic carbocycles. The lowest BCUT2D eigenvalue weighted by Gasteiger charge is -2.52. The van der Waals surface area contributed by atoms with Gasteiger partial charge in [-0.1, -0.05) is 20.8 Å². The van der Waals surface area contributed by atoms with Crippen LogP contribution in [-0.4, -0.2) is 40.5 Å². The van der Waals surface area contributed by atoms with Crippen molar-refractivity contribution in [2.24, 2.45) is 16.7 Å². The quantitative estimate of drug-likeness (QED) is 0.770. The number of imidazole rings is 1. The molecule has 2 saturated carbocycles. The molecule has 0 radical (unpaired) electrons. The summed E-state index contributed by atoms with van der Waals surface area (Å²) < 4.78 is 56.2. The molecule has 3 aliphatic rings. The molecular formula is C17H25F2N3O2S. The van der Waals surface area contributed by atoms with E-state index in [2.05, 4.69) is 4.98 Å². The zero-order valence-corrected chi connectivity index (χ0v) is 15.7. The molecule has 0 aromatic carbocycles. The molecule has 8 heteroatoms. The zero-order chi connectivity index (χ0) is 18.3. The van der Waals surface area contributed by atoms with Gasteiger partial charge in [0.2, 0.25) is 10.0 Å². The number of sulfonamides is 1. The summed E-state index contributed by atoms with van der Waals surface area (Å²) in [6, 6.07) is -0.387. The number of alkyl halides is 2. The third kappa shape index (κ3) is 2.81. The number of rotatable bonds is 6. The van der Waals surface area contributed by atoms with Crippen LogP contribution in [0.25, 0.3) is 0 Å². The first-order chi connectivity index (χ1) is 11.5. The molecule has 4 rings (SSSR count). The van der Waals surface area contributed by atoms with Crippen LogP contribution in [0.2, 0.25) is 0 Å². The van der Waals surface area contributed by atoms with Crippen molar-refractivity contribution in [2.45, 2.75) is 58.5 Å². The summed E-state index contributed by atoms with van der Waals surface area (Å²) in [7, 11) is -3.77. The van der Waals surface area contributed by atoms with E-state index in [0.717, 1.165) is 12.4 Å². The van der Waals surface area contributed by atoms with Crippen molar-refractivity contribution in [2.75, 3.05) is 12.3 Å². The van der Waals surface area contributed by atoms with Crippen molar-refractivity contribution in [3.8, 4) is 0 Å². The predicted molar refractivity (Wildman–Crippen MR) is 89.6 cm³/mol. The average Bonchev–Trinajstić information content (AvgIpc) is 3.27. The molecule has 0 amide bonds. The van der Waals surface area contributed by atoms with Gasteiger partial charge in [-0.05, 0) is 18.8 Å². The second-order valence-electron chi connectivity index (χ2n) is 9.02. The van der Waals surface area contributed by atoms with Crippen LogP contribution in [0.3, 0.4) is 0 Å². The highest BCUT2D eigenvalue weighted by molar-refractivity contribution is 7.89. The third-order valence-corrected chi connectivity index (χ3v) is 8.02. The summed E-state index contributed by atoms with van der Waals surface area (Å²) in [5.41, 5.74) is -1.69. The van der Waals surface area contributed by atoms with Crippen molar-refractivity contribution >= 4 is 10.0 Å². The number of halogens is 2. The molecule has 2 unspecified atom stereocenters. The topological polar surface area (TPSA) is 55.2 Å². The van der Waals surface area contributed by atoms with E-state index in [1.807, 2.05) is 24.6 Å². The first kappa shape index (κ1) is 17.4. The Morgan fingerprint density at radius 3 is 2.44 bits per heavy atom. The normalized spacial score (nSPS) is 33.9. The molecule has 1 aromatic rings. The lowest BCUT2D eigenvalue weighted by atomic mass is 9.76. The lowest BCUT2D eigenvalue weighted by molar-refractivity contribution is 0.00993. The Bertz CT molecular complexity index is 801. The third-order valence-electron chi connectivity index (χ3n) is 5.96. The number of nitrogens with zero attached hydrogens (tertiary/aromatic N) is 3. The summed E-state index contributed by atoms with van der Waals surface area (Å²) >= 11 is 0. The zero-order valence-electron chi connectivity index (χ0n) is 14.9. The van der Waals surface area contributed by atoms with E-state index < -0.39 is 27.1 Å². The van der Waals surface area contributed by atoms with E-state index in [9.17, 15) is 17.2 Å². The Labute approximate surface area is 147 Å². The van der Waals surface area contributed by atoms with E-state index >= 15 is 0 Å². The van der Waals surface area contributed by atoms with Gasteiger partial charge in [0.25, 0.3) is 5.92 Å². The van der Waals surface area contributed by atoms with Crippen molar-refractivity contribution in [3.05, 3.63) is 18.2 Å². The average molecular weight is 373 g/mol. The second-order valence-corrected chi connectivity index (χ2v) is 10.9. The smallest absolute Gasteiger partial charge is 0.255 e. The fourth-order valence-electron chi connectivity index (χ4n) is 3.98. The first-order valence-corrected chi connectivity index (χ1v) is 10.4. The summed E-state index contributed by atoms with van der Waals surface area (Å²) in [6.07, 6.45) is 5.64. The monoisotopic (exact) mass is 373 g/mol. The van der Waals surface area contributed by atoms with Gasteiger partial charge in [0.15, 0.2) is 0 Å². The standard InChI is InChI=1S/C17H25F2N3O2S/c1-15(2)10-22(25(23,24)11-16(3)9-17(16,18)19)13(15)14-20-6-7-21(14)8-12-4-5-12/h6-7,12-13H,4-5,8-11H2,1-3H3. The Morgan fingerprint density at radius 1 is 1.28 bits per heavy atom. The predicted octanol–water partition coefficient (Wildman–Crippen LogP) is 3.05. The molecule has 2 atom stereocenters. The van der Waals surface area contributed by atoms with Crippen LogP contribution in [0, 0.1) is 16.7 Å². The van der Waals surface area contributed by atoms with Gasteiger partial charge in [0.1, 0.15) is 5.82 Å². The minimum Gasteiger partial charge on any atom is -0.333 e. The molecule has 0 spiro atoms. The summed E-state index contributed by atoms with van der Waals surface area (Å²) in [6.45, 7) is 6.57. The van der Waals surface area contributed by atoms with Crippen LogP contribution in [0.1, 0.15) is 51.9 Å². The maximum Gasteiger partial charge on any atom is 0.255 e. The maximum absolute atomic E-state index is 13.5. The molecule has 3 fully saturated rings. The van der Waals surface area contributed by atoms with Crippen LogP contribution in [0.15, 0.2) is 12.4 Å². The molecule has 0 N–H and O–H groups in total. The van der Waals surface area contributed by atoms with Gasteiger partial charge in [-0.15, -0.1) is 0 Å². The molecule has 140 valence electrons. The van der Waals surface area contributed by atoms with E-state index in [1.165, 1.54) is 24.1 Å². The fourth-order valence-corrected chi connectivity index (χ4v) is 6.50. The van der Waals surface area contributed by atoms with Crippen molar-refractivity contribution in [3.63, 3.8) is 0 Å². The molecule has 2 heterocycles. The maximum atomic E-state index is 13.5. The van der Waals surface area contributed by atoms with Gasteiger partial charge < -0.3 is 4.57 Å². The molecule has 1 saturated heterocycles. The lowest BCUT2D eigenvalue weighted by Crippen LogP contribution is -2.59. The van der Waals surface area contributed by atoms with Crippen molar-refractivity contribution < 1.29 is 17.2 Å². The van der Waals surface area contributed by atoms with Crippen molar-refractivity contribution in [1.82, 2.24) is 13.9 Å². The molecule has 1 aromatic heterocycles. The van der Waals surface area contributed by atoms with Crippen molar-refractivity contribution in [1.29, 1.82) is 0 Å². The highest BCUT2D eigenvalue weighted by atomic mass is 32.2. The van der Waals surface area contributed by atoms with Gasteiger partial charge >= 0.3 is 0 Å². The van der Waals surface area contributed by atoms with Gasteiger partial charge in [0, 0.05) is 37.3 Å². The molecule has 25 heavy (non-hydrogen) atoms. The van der Waals surface area contributed by atoms with Crippen LogP contribution in [-0.2, 0) is 16.6 Å². The van der Waals surface area contributed by atoms with E-state index in [0.29, 0.717) is 12.5 Å². The van der Waals surface area contributed by atoms with Crippen LogP contribution in [0.5, 0.6) is 0 Å². The van der Waals surface area contributed by atoms with Gasteiger partial charge in [0.05, 0.1) is 17.2 Å². The van der Waals surface area contributed by atoms with Gasteiger partial charge in [-0.3, -0.25) is 0 Å². The molecule has 5 nitrogen and oxygen atoms in total. The van der Waals surface area contributed by atoms with Gasteiger partial charge in [-0.25, -0.2) is 22.2 Å². The van der Waals surface area contributed by atoms with Gasteiger partial charge in [-0.2, -0.15) is 4.31 Å². The summed E-state index contributed by atoms with van der Waals surface area (Å²) in [5.74, 6) is -1.99. The Balaban J connectivity index is 1.59. The highest BCUT2D eigenvalue weighted by Crippen LogP contribution is 2.62. The van der Waals surface area contributed by atoms with E-state index in [1.54, 1.807) is 6.20 Å². The molecule has 1 aliphatic heterocycles. The van der Waals surface area contributed by atoms with Crippen LogP contribution in [0.4, 0.5) is 8.78 Å². The second kappa shape index (κ2) is 5.03.